The third-order valence-corrected chi connectivity index (χ3v) is 8.77. The molecule has 0 bridgehead atoms. The molecule has 1 fully saturated rings. The van der Waals surface area contributed by atoms with Crippen LogP contribution in [0.1, 0.15) is 36.8 Å². The number of H-pyrrole nitrogens is 1. The fourth-order valence-corrected chi connectivity index (χ4v) is 7.08. The van der Waals surface area contributed by atoms with Crippen molar-refractivity contribution in [2.45, 2.75) is 44.7 Å². The van der Waals surface area contributed by atoms with Crippen molar-refractivity contribution in [3.8, 4) is 5.75 Å². The smallest absolute Gasteiger partial charge is 0.328 e. The Morgan fingerprint density at radius 1 is 1.26 bits per heavy atom. The van der Waals surface area contributed by atoms with Gasteiger partial charge >= 0.3 is 5.69 Å². The molecule has 2 aliphatic rings. The summed E-state index contributed by atoms with van der Waals surface area (Å²) < 4.78 is 7.63. The molecule has 4 aromatic rings. The van der Waals surface area contributed by atoms with Crippen LogP contribution < -0.4 is 21.3 Å². The highest BCUT2D eigenvalue weighted by molar-refractivity contribution is 7.25. The van der Waals surface area contributed by atoms with Crippen LogP contribution in [0.2, 0.25) is 0 Å². The minimum atomic E-state index is -0.391. The van der Waals surface area contributed by atoms with Crippen LogP contribution in [0.25, 0.3) is 20.6 Å². The van der Waals surface area contributed by atoms with E-state index in [1.807, 2.05) is 6.07 Å². The Balaban J connectivity index is 1.40. The fourth-order valence-electron chi connectivity index (χ4n) is 6.08. The molecule has 6 rings (SSSR count). The summed E-state index contributed by atoms with van der Waals surface area (Å²) in [5, 5.41) is 3.76. The Hall–Kier alpha value is -3.04. The molecular formula is C25H27N5O3S. The van der Waals surface area contributed by atoms with Crippen molar-refractivity contribution < 1.29 is 4.74 Å². The van der Waals surface area contributed by atoms with Gasteiger partial charge in [-0.25, -0.2) is 14.8 Å². The first kappa shape index (κ1) is 21.5. The molecule has 176 valence electrons. The van der Waals surface area contributed by atoms with Gasteiger partial charge in [-0.05, 0) is 42.9 Å². The van der Waals surface area contributed by atoms with E-state index >= 15 is 0 Å². The van der Waals surface area contributed by atoms with E-state index < -0.39 is 5.69 Å². The van der Waals surface area contributed by atoms with Gasteiger partial charge in [0.25, 0.3) is 5.56 Å². The predicted molar refractivity (Wildman–Crippen MR) is 133 cm³/mol. The normalized spacial score (nSPS) is 22.6. The molecule has 9 heteroatoms. The number of methoxy groups -OCH3 is 1. The van der Waals surface area contributed by atoms with Crippen LogP contribution >= 0.6 is 11.3 Å². The minimum Gasteiger partial charge on any atom is -0.496 e. The van der Waals surface area contributed by atoms with Crippen LogP contribution in [0.4, 0.5) is 0 Å². The summed E-state index contributed by atoms with van der Waals surface area (Å²) in [7, 11) is 1.73. The molecule has 2 unspecified atom stereocenters. The number of thiophene rings is 1. The predicted octanol–water partition coefficient (Wildman–Crippen LogP) is 3.05. The number of nitrogens with zero attached hydrogens (tertiary/aromatic N) is 3. The molecule has 4 heterocycles. The molecule has 0 saturated carbocycles. The van der Waals surface area contributed by atoms with Gasteiger partial charge in [0.05, 0.1) is 12.6 Å². The van der Waals surface area contributed by atoms with Crippen LogP contribution in [0.15, 0.2) is 40.2 Å². The van der Waals surface area contributed by atoms with Crippen LogP contribution in [0.5, 0.6) is 5.75 Å². The number of benzene rings is 1. The van der Waals surface area contributed by atoms with Gasteiger partial charge in [-0.3, -0.25) is 9.36 Å². The number of fused-ring (bicyclic) bond motifs is 6. The lowest BCUT2D eigenvalue weighted by atomic mass is 9.71. The highest BCUT2D eigenvalue weighted by atomic mass is 32.1. The van der Waals surface area contributed by atoms with Crippen LogP contribution in [0, 0.1) is 11.8 Å². The zero-order valence-corrected chi connectivity index (χ0v) is 20.0. The summed E-state index contributed by atoms with van der Waals surface area (Å²) in [4.78, 5) is 38.7. The Bertz CT molecular complexity index is 1490. The average molecular weight is 478 g/mol. The largest absolute Gasteiger partial charge is 0.496 e. The van der Waals surface area contributed by atoms with E-state index in [2.05, 4.69) is 39.3 Å². The lowest BCUT2D eigenvalue weighted by Crippen LogP contribution is -2.43. The van der Waals surface area contributed by atoms with E-state index in [4.69, 9.17) is 4.74 Å². The molecule has 34 heavy (non-hydrogen) atoms. The number of ether oxygens (including phenoxy) is 1. The van der Waals surface area contributed by atoms with E-state index in [0.29, 0.717) is 38.9 Å². The van der Waals surface area contributed by atoms with Crippen molar-refractivity contribution in [1.29, 1.82) is 0 Å². The zero-order valence-electron chi connectivity index (χ0n) is 19.2. The summed E-state index contributed by atoms with van der Waals surface area (Å²) in [6.07, 6.45) is 6.22. The number of aryl methyl sites for hydroxylation is 1. The average Bonchev–Trinajstić information content (AvgIpc) is 3.46. The number of nitrogens with one attached hydrogen (secondary N) is 2. The Morgan fingerprint density at radius 2 is 2.12 bits per heavy atom. The highest BCUT2D eigenvalue weighted by Crippen LogP contribution is 2.47. The van der Waals surface area contributed by atoms with Crippen molar-refractivity contribution in [3.05, 3.63) is 62.6 Å². The number of hydrogen-bond donors (Lipinski definition) is 2. The van der Waals surface area contributed by atoms with Gasteiger partial charge in [0.2, 0.25) is 0 Å². The lowest BCUT2D eigenvalue weighted by Gasteiger charge is -2.35. The van der Waals surface area contributed by atoms with Crippen molar-refractivity contribution in [2.24, 2.45) is 11.8 Å². The quantitative estimate of drug-likeness (QED) is 0.458. The first-order valence-electron chi connectivity index (χ1n) is 11.9. The maximum absolute atomic E-state index is 13.4. The summed E-state index contributed by atoms with van der Waals surface area (Å²) in [5.74, 6) is 1.89. The lowest BCUT2D eigenvalue weighted by molar-refractivity contribution is 0.280. The molecule has 1 aromatic carbocycles. The fraction of sp³-hybridized carbons (Fsp3) is 0.440. The molecule has 3 aromatic heterocycles. The molecular weight excluding hydrogens is 450 g/mol. The van der Waals surface area contributed by atoms with Crippen molar-refractivity contribution in [1.82, 2.24) is 24.8 Å². The maximum Gasteiger partial charge on any atom is 0.328 e. The molecule has 0 amide bonds. The van der Waals surface area contributed by atoms with E-state index in [9.17, 15) is 9.59 Å². The summed E-state index contributed by atoms with van der Waals surface area (Å²) in [6.45, 7) is 3.44. The second-order valence-corrected chi connectivity index (χ2v) is 10.3. The minimum absolute atomic E-state index is 0.118. The highest BCUT2D eigenvalue weighted by Gasteiger charge is 2.44. The first-order valence-corrected chi connectivity index (χ1v) is 12.7. The van der Waals surface area contributed by atoms with Gasteiger partial charge in [-0.15, -0.1) is 11.3 Å². The SMILES string of the molecule is CCC(Cn1c(=O)[nH]c2c(sc3nccnc32)c1=O)C1NC[C@@H]2CCc3cccc(OC)c3[C@H]12. The van der Waals surface area contributed by atoms with Gasteiger partial charge in [0.15, 0.2) is 0 Å². The van der Waals surface area contributed by atoms with Gasteiger partial charge < -0.3 is 15.0 Å². The van der Waals surface area contributed by atoms with E-state index in [1.165, 1.54) is 27.0 Å². The van der Waals surface area contributed by atoms with E-state index in [1.54, 1.807) is 19.5 Å². The number of aromatic nitrogens is 4. The van der Waals surface area contributed by atoms with Crippen molar-refractivity contribution in [3.63, 3.8) is 0 Å². The summed E-state index contributed by atoms with van der Waals surface area (Å²) in [6, 6.07) is 6.48. The molecule has 0 radical (unpaired) electrons. The van der Waals surface area contributed by atoms with E-state index in [0.717, 1.165) is 31.6 Å². The molecule has 0 spiro atoms. The second-order valence-electron chi connectivity index (χ2n) is 9.32. The topological polar surface area (TPSA) is 102 Å². The summed E-state index contributed by atoms with van der Waals surface area (Å²) >= 11 is 1.28. The Labute approximate surface area is 200 Å². The monoisotopic (exact) mass is 477 g/mol. The van der Waals surface area contributed by atoms with Gasteiger partial charge in [0.1, 0.15) is 20.8 Å². The molecule has 8 nitrogen and oxygen atoms in total. The van der Waals surface area contributed by atoms with Gasteiger partial charge in [-0.2, -0.15) is 0 Å². The third kappa shape index (κ3) is 3.21. The van der Waals surface area contributed by atoms with E-state index in [-0.39, 0.29) is 17.5 Å². The Morgan fingerprint density at radius 3 is 2.94 bits per heavy atom. The summed E-state index contributed by atoms with van der Waals surface area (Å²) in [5.41, 5.74) is 3.05. The van der Waals surface area contributed by atoms with Crippen molar-refractivity contribution >= 4 is 31.9 Å². The second kappa shape index (κ2) is 8.32. The standard InChI is InChI=1S/C25H27N5O3S/c1-3-13(19-18-15(11-28-19)8-7-14-5-4-6-16(33-2)17(14)18)12-30-24(31)22-20(29-25(30)32)21-23(34-22)27-10-9-26-21/h4-6,9-10,13,15,18-19,28H,3,7-8,11-12H2,1-2H3,(H,29,32)/t13?,15-,18+,19?/m0/s1. The molecule has 1 saturated heterocycles. The molecule has 1 aliphatic carbocycles. The first-order chi connectivity index (χ1) is 16.6. The van der Waals surface area contributed by atoms with Crippen LogP contribution in [-0.4, -0.2) is 39.2 Å². The van der Waals surface area contributed by atoms with Crippen molar-refractivity contribution in [2.75, 3.05) is 13.7 Å². The van der Waals surface area contributed by atoms with Crippen LogP contribution in [0.3, 0.4) is 0 Å². The maximum atomic E-state index is 13.4. The number of aromatic amines is 1. The van der Waals surface area contributed by atoms with Crippen LogP contribution in [-0.2, 0) is 13.0 Å². The van der Waals surface area contributed by atoms with Gasteiger partial charge in [-0.1, -0.05) is 25.5 Å². The third-order valence-electron chi connectivity index (χ3n) is 7.70. The molecule has 4 atom stereocenters. The molecule has 2 N–H and O–H groups in total. The van der Waals surface area contributed by atoms with Gasteiger partial charge in [0, 0.05) is 36.5 Å². The Kier molecular flexibility index (Phi) is 5.26. The zero-order chi connectivity index (χ0) is 23.4. The molecule has 1 aliphatic heterocycles. The number of hydrogen-bond acceptors (Lipinski definition) is 7. The number of rotatable bonds is 5.